The first kappa shape index (κ1) is 18.4. The molecule has 0 radical (unpaired) electrons. The van der Waals surface area contributed by atoms with Crippen molar-refractivity contribution in [2.75, 3.05) is 37.6 Å². The Morgan fingerprint density at radius 3 is 2.75 bits per heavy atom. The number of likely N-dealkylation sites (N-methyl/N-ethyl adjacent to an activating group) is 1. The highest BCUT2D eigenvalue weighted by atomic mass is 32.1. The number of piperazine rings is 1. The molecule has 1 fully saturated rings. The van der Waals surface area contributed by atoms with Crippen molar-refractivity contribution in [3.63, 3.8) is 0 Å². The maximum Gasteiger partial charge on any atom is 0.433 e. The summed E-state index contributed by atoms with van der Waals surface area (Å²) in [5.74, 6) is -1.17. The Morgan fingerprint density at radius 2 is 2.07 bits per heavy atom. The second kappa shape index (κ2) is 7.56. The summed E-state index contributed by atoms with van der Waals surface area (Å²) in [4.78, 5) is 31.4. The highest BCUT2D eigenvalue weighted by molar-refractivity contribution is 7.22. The van der Waals surface area contributed by atoms with Gasteiger partial charge in [-0.1, -0.05) is 18.3 Å². The zero-order valence-corrected chi connectivity index (χ0v) is 16.0. The van der Waals surface area contributed by atoms with E-state index in [0.29, 0.717) is 5.75 Å². The summed E-state index contributed by atoms with van der Waals surface area (Å²) in [6.07, 6.45) is 0. The predicted octanol–water partition coefficient (Wildman–Crippen LogP) is 3.16. The Morgan fingerprint density at radius 1 is 1.29 bits per heavy atom. The Labute approximate surface area is 164 Å². The monoisotopic (exact) mass is 402 g/mol. The van der Waals surface area contributed by atoms with E-state index in [0.717, 1.165) is 54.1 Å². The van der Waals surface area contributed by atoms with Gasteiger partial charge in [-0.15, -0.1) is 0 Å². The van der Waals surface area contributed by atoms with Crippen LogP contribution < -0.4 is 9.64 Å². The van der Waals surface area contributed by atoms with Crippen LogP contribution in [0.2, 0.25) is 0 Å². The lowest BCUT2D eigenvalue weighted by Crippen LogP contribution is -2.46. The molecule has 0 unspecified atom stereocenters. The first-order valence-corrected chi connectivity index (χ1v) is 9.69. The first-order chi connectivity index (χ1) is 13.5. The number of anilines is 1. The maximum absolute atomic E-state index is 12.1. The van der Waals surface area contributed by atoms with E-state index in [1.165, 1.54) is 6.07 Å². The number of rotatable bonds is 5. The van der Waals surface area contributed by atoms with Crippen molar-refractivity contribution in [1.82, 2.24) is 9.88 Å². The molecule has 146 valence electrons. The van der Waals surface area contributed by atoms with Crippen LogP contribution in [0.4, 0.5) is 11.0 Å². The molecule has 1 saturated heterocycles. The van der Waals surface area contributed by atoms with Crippen LogP contribution in [0.25, 0.3) is 10.2 Å². The molecule has 0 saturated carbocycles. The van der Waals surface area contributed by atoms with Gasteiger partial charge in [0.1, 0.15) is 10.7 Å². The minimum Gasteiger partial charge on any atom is -0.421 e. The molecule has 0 atom stereocenters. The van der Waals surface area contributed by atoms with Crippen LogP contribution >= 0.6 is 11.3 Å². The summed E-state index contributed by atoms with van der Waals surface area (Å²) in [5.41, 5.74) is 0.839. The number of nitro groups is 1. The van der Waals surface area contributed by atoms with Crippen molar-refractivity contribution < 1.29 is 18.9 Å². The number of thiazole rings is 1. The van der Waals surface area contributed by atoms with Gasteiger partial charge in [0, 0.05) is 32.2 Å². The van der Waals surface area contributed by atoms with Crippen molar-refractivity contribution in [1.29, 1.82) is 0 Å². The summed E-state index contributed by atoms with van der Waals surface area (Å²) in [7, 11) is 0. The number of fused-ring (bicyclic) bond motifs is 1. The zero-order chi connectivity index (χ0) is 19.7. The number of nitrogens with zero attached hydrogens (tertiary/aromatic N) is 4. The number of carbonyl (C=O) groups is 1. The van der Waals surface area contributed by atoms with E-state index in [1.807, 2.05) is 0 Å². The number of furan rings is 1. The highest BCUT2D eigenvalue weighted by Gasteiger charge is 2.21. The number of ether oxygens (including phenoxy) is 1. The van der Waals surface area contributed by atoms with Gasteiger partial charge in [-0.05, 0) is 24.7 Å². The molecule has 28 heavy (non-hydrogen) atoms. The molecule has 1 aliphatic heterocycles. The first-order valence-electron chi connectivity index (χ1n) is 8.88. The van der Waals surface area contributed by atoms with Gasteiger partial charge in [-0.3, -0.25) is 10.1 Å². The van der Waals surface area contributed by atoms with Crippen molar-refractivity contribution >= 4 is 38.5 Å². The van der Waals surface area contributed by atoms with Crippen LogP contribution in [0, 0.1) is 10.1 Å². The number of carbonyl (C=O) groups excluding carboxylic acids is 1. The lowest BCUT2D eigenvalue weighted by Gasteiger charge is -2.33. The van der Waals surface area contributed by atoms with Gasteiger partial charge < -0.3 is 19.0 Å². The fourth-order valence-electron chi connectivity index (χ4n) is 3.04. The van der Waals surface area contributed by atoms with E-state index in [4.69, 9.17) is 9.15 Å². The fraction of sp³-hybridized carbons (Fsp3) is 0.333. The number of esters is 1. The second-order valence-electron chi connectivity index (χ2n) is 6.33. The summed E-state index contributed by atoms with van der Waals surface area (Å²) in [6.45, 7) is 7.13. The predicted molar refractivity (Wildman–Crippen MR) is 104 cm³/mol. The number of aromatic nitrogens is 1. The van der Waals surface area contributed by atoms with Gasteiger partial charge in [0.15, 0.2) is 5.13 Å². The summed E-state index contributed by atoms with van der Waals surface area (Å²) in [5, 5.41) is 11.6. The molecule has 0 spiro atoms. The Kier molecular flexibility index (Phi) is 4.97. The van der Waals surface area contributed by atoms with Crippen molar-refractivity contribution in [2.45, 2.75) is 6.92 Å². The molecule has 0 amide bonds. The van der Waals surface area contributed by atoms with Crippen LogP contribution in [0.1, 0.15) is 17.5 Å². The Bertz CT molecular complexity index is 1020. The van der Waals surface area contributed by atoms with Crippen LogP contribution in [-0.2, 0) is 0 Å². The molecule has 1 aromatic carbocycles. The second-order valence-corrected chi connectivity index (χ2v) is 7.34. The van der Waals surface area contributed by atoms with Crippen LogP contribution in [0.5, 0.6) is 5.75 Å². The third-order valence-electron chi connectivity index (χ3n) is 4.62. The third-order valence-corrected chi connectivity index (χ3v) is 5.70. The molecule has 10 heteroatoms. The number of hydrogen-bond acceptors (Lipinski definition) is 9. The average molecular weight is 402 g/mol. The lowest BCUT2D eigenvalue weighted by atomic mass is 10.3. The van der Waals surface area contributed by atoms with Crippen molar-refractivity contribution in [2.24, 2.45) is 0 Å². The minimum absolute atomic E-state index is 0.217. The van der Waals surface area contributed by atoms with Gasteiger partial charge in [-0.2, -0.15) is 0 Å². The molecule has 4 rings (SSSR count). The average Bonchev–Trinajstić information content (AvgIpc) is 3.35. The molecule has 0 aliphatic carbocycles. The van der Waals surface area contributed by atoms with E-state index in [-0.39, 0.29) is 5.76 Å². The molecule has 3 heterocycles. The number of benzene rings is 1. The molecular formula is C18H18N4O5S. The molecule has 2 aromatic heterocycles. The van der Waals surface area contributed by atoms with Crippen LogP contribution in [-0.4, -0.2) is 53.5 Å². The van der Waals surface area contributed by atoms with E-state index in [1.54, 1.807) is 29.5 Å². The van der Waals surface area contributed by atoms with Gasteiger partial charge >= 0.3 is 11.9 Å². The van der Waals surface area contributed by atoms with Gasteiger partial charge in [0.2, 0.25) is 5.76 Å². The van der Waals surface area contributed by atoms with Gasteiger partial charge in [-0.25, -0.2) is 9.78 Å². The van der Waals surface area contributed by atoms with E-state index >= 15 is 0 Å². The smallest absolute Gasteiger partial charge is 0.421 e. The largest absolute Gasteiger partial charge is 0.433 e. The zero-order valence-electron chi connectivity index (χ0n) is 15.2. The Hall–Kier alpha value is -2.98. The van der Waals surface area contributed by atoms with Crippen LogP contribution in [0.3, 0.4) is 0 Å². The quantitative estimate of drug-likeness (QED) is 0.278. The lowest BCUT2D eigenvalue weighted by molar-refractivity contribution is -0.402. The highest BCUT2D eigenvalue weighted by Crippen LogP contribution is 2.32. The number of hydrogen-bond donors (Lipinski definition) is 0. The molecule has 3 aromatic rings. The van der Waals surface area contributed by atoms with E-state index in [2.05, 4.69) is 21.7 Å². The van der Waals surface area contributed by atoms with Crippen molar-refractivity contribution in [3.05, 3.63) is 46.2 Å². The summed E-state index contributed by atoms with van der Waals surface area (Å²) < 4.78 is 11.1. The van der Waals surface area contributed by atoms with Crippen LogP contribution in [0.15, 0.2) is 34.7 Å². The summed E-state index contributed by atoms with van der Waals surface area (Å²) in [6, 6.07) is 7.53. The summed E-state index contributed by atoms with van der Waals surface area (Å²) >= 11 is 1.55. The van der Waals surface area contributed by atoms with Crippen molar-refractivity contribution in [3.8, 4) is 5.75 Å². The minimum atomic E-state index is -0.784. The maximum atomic E-state index is 12.1. The van der Waals surface area contributed by atoms with E-state index in [9.17, 15) is 14.9 Å². The molecule has 0 bridgehead atoms. The molecule has 0 N–H and O–H groups in total. The molecule has 1 aliphatic rings. The topological polar surface area (TPSA) is 102 Å². The van der Waals surface area contributed by atoms with Gasteiger partial charge in [0.25, 0.3) is 0 Å². The standard InChI is InChI=1S/C18H18N4O5S/c1-2-20-7-9-21(10-8-20)18-19-13-4-3-12(11-15(13)28-18)26-17(23)14-5-6-16(27-14)22(24)25/h3-6,11H,2,7-10H2,1H3. The molecule has 9 nitrogen and oxygen atoms in total. The normalized spacial score (nSPS) is 15.1. The van der Waals surface area contributed by atoms with Gasteiger partial charge in [0.05, 0.1) is 16.3 Å². The third kappa shape index (κ3) is 3.69. The Balaban J connectivity index is 1.48. The SMILES string of the molecule is CCN1CCN(c2nc3ccc(OC(=O)c4ccc([N+](=O)[O-])o4)cc3s2)CC1. The van der Waals surface area contributed by atoms with E-state index < -0.39 is 16.8 Å². The fourth-order valence-corrected chi connectivity index (χ4v) is 4.09. The molecular weight excluding hydrogens is 384 g/mol.